The molecule has 0 unspecified atom stereocenters. The van der Waals surface area contributed by atoms with Crippen LogP contribution in [0.4, 0.5) is 0 Å². The predicted molar refractivity (Wildman–Crippen MR) is 121 cm³/mol. The molecule has 0 radical (unpaired) electrons. The van der Waals surface area contributed by atoms with E-state index in [0.29, 0.717) is 29.1 Å². The van der Waals surface area contributed by atoms with Gasteiger partial charge in [-0.1, -0.05) is 24.3 Å². The number of nitrogens with one attached hydrogen (secondary N) is 2. The third-order valence-electron chi connectivity index (χ3n) is 5.66. The lowest BCUT2D eigenvalue weighted by Crippen LogP contribution is -2.43. The van der Waals surface area contributed by atoms with E-state index in [1.807, 2.05) is 12.1 Å². The Morgan fingerprint density at radius 3 is 2.48 bits per heavy atom. The second-order valence-electron chi connectivity index (χ2n) is 8.66. The van der Waals surface area contributed by atoms with Crippen LogP contribution in [0.1, 0.15) is 57.1 Å². The van der Waals surface area contributed by atoms with Gasteiger partial charge in [-0.3, -0.25) is 9.69 Å². The Morgan fingerprint density at radius 2 is 1.81 bits per heavy atom. The number of aromatic amines is 1. The van der Waals surface area contributed by atoms with E-state index in [9.17, 15) is 9.59 Å². The average molecular weight is 427 g/mol. The molecule has 31 heavy (non-hydrogen) atoms. The Labute approximate surface area is 184 Å². The van der Waals surface area contributed by atoms with Gasteiger partial charge in [-0.2, -0.15) is 0 Å². The fourth-order valence-corrected chi connectivity index (χ4v) is 3.93. The second-order valence-corrected chi connectivity index (χ2v) is 8.66. The van der Waals surface area contributed by atoms with Gasteiger partial charge in [0.05, 0.1) is 11.7 Å². The Hall–Kier alpha value is -2.64. The summed E-state index contributed by atoms with van der Waals surface area (Å²) in [4.78, 5) is 33.0. The number of likely N-dealkylation sites (N-methyl/N-ethyl adjacent to an activating group) is 1. The molecular formula is C24H34N4O3. The second kappa shape index (κ2) is 10.1. The van der Waals surface area contributed by atoms with Crippen molar-refractivity contribution in [1.29, 1.82) is 0 Å². The number of aromatic nitrogens is 1. The van der Waals surface area contributed by atoms with Gasteiger partial charge < -0.3 is 19.9 Å². The minimum atomic E-state index is -0.406. The maximum Gasteiger partial charge on any atom is 0.340 e. The van der Waals surface area contributed by atoms with Crippen LogP contribution in [0.3, 0.4) is 0 Å². The molecule has 0 bridgehead atoms. The third kappa shape index (κ3) is 5.95. The van der Waals surface area contributed by atoms with Crippen molar-refractivity contribution in [2.75, 3.05) is 33.2 Å². The van der Waals surface area contributed by atoms with E-state index in [1.165, 1.54) is 5.56 Å². The monoisotopic (exact) mass is 426 g/mol. The summed E-state index contributed by atoms with van der Waals surface area (Å²) in [6.45, 7) is 12.9. The lowest BCUT2D eigenvalue weighted by Gasteiger charge is -2.32. The summed E-state index contributed by atoms with van der Waals surface area (Å²) in [6, 6.07) is 8.34. The number of ether oxygens (including phenoxy) is 1. The number of nitrogens with zero attached hydrogens (tertiary/aromatic N) is 2. The molecule has 1 fully saturated rings. The van der Waals surface area contributed by atoms with Gasteiger partial charge in [-0.15, -0.1) is 0 Å². The van der Waals surface area contributed by atoms with Crippen molar-refractivity contribution >= 4 is 11.9 Å². The van der Waals surface area contributed by atoms with Crippen molar-refractivity contribution in [3.05, 3.63) is 57.9 Å². The zero-order valence-electron chi connectivity index (χ0n) is 19.2. The van der Waals surface area contributed by atoms with E-state index in [4.69, 9.17) is 4.74 Å². The number of hydrogen-bond donors (Lipinski definition) is 2. The largest absolute Gasteiger partial charge is 0.459 e. The summed E-state index contributed by atoms with van der Waals surface area (Å²) in [6.07, 6.45) is -0.211. The molecule has 1 aliphatic heterocycles. The van der Waals surface area contributed by atoms with Crippen molar-refractivity contribution in [3.8, 4) is 0 Å². The van der Waals surface area contributed by atoms with Gasteiger partial charge in [-0.25, -0.2) is 4.79 Å². The number of rotatable bonds is 7. The molecular weight excluding hydrogens is 392 g/mol. The first-order valence-electron chi connectivity index (χ1n) is 10.9. The number of hydrogen-bond acceptors (Lipinski definition) is 5. The molecule has 1 saturated heterocycles. The molecule has 0 aliphatic carbocycles. The number of carbonyl (C=O) groups is 2. The normalized spacial score (nSPS) is 15.3. The van der Waals surface area contributed by atoms with E-state index in [-0.39, 0.29) is 12.0 Å². The highest BCUT2D eigenvalue weighted by molar-refractivity contribution is 6.00. The fourth-order valence-electron chi connectivity index (χ4n) is 3.93. The molecule has 7 nitrogen and oxygen atoms in total. The van der Waals surface area contributed by atoms with Crippen LogP contribution in [0.25, 0.3) is 0 Å². The number of carbonyl (C=O) groups excluding carboxylic acids is 2. The van der Waals surface area contributed by atoms with Gasteiger partial charge in [0.15, 0.2) is 0 Å². The first kappa shape index (κ1) is 23.0. The minimum Gasteiger partial charge on any atom is -0.459 e. The van der Waals surface area contributed by atoms with E-state index in [1.54, 1.807) is 27.7 Å². The summed E-state index contributed by atoms with van der Waals surface area (Å²) in [5.74, 6) is -0.634. The number of H-pyrrole nitrogens is 1. The first-order valence-corrected chi connectivity index (χ1v) is 10.9. The van der Waals surface area contributed by atoms with Gasteiger partial charge in [0.2, 0.25) is 0 Å². The third-order valence-corrected chi connectivity index (χ3v) is 5.66. The van der Waals surface area contributed by atoms with Crippen LogP contribution in [-0.4, -0.2) is 66.0 Å². The van der Waals surface area contributed by atoms with Crippen LogP contribution in [-0.2, 0) is 17.8 Å². The summed E-state index contributed by atoms with van der Waals surface area (Å²) in [5.41, 5.74) is 4.41. The number of benzene rings is 1. The van der Waals surface area contributed by atoms with Gasteiger partial charge >= 0.3 is 5.97 Å². The first-order chi connectivity index (χ1) is 14.7. The van der Waals surface area contributed by atoms with E-state index in [0.717, 1.165) is 38.3 Å². The van der Waals surface area contributed by atoms with Crippen LogP contribution < -0.4 is 5.32 Å². The summed E-state index contributed by atoms with van der Waals surface area (Å²) in [7, 11) is 2.16. The van der Waals surface area contributed by atoms with Crippen molar-refractivity contribution in [1.82, 2.24) is 20.1 Å². The lowest BCUT2D eigenvalue weighted by molar-refractivity contribution is 0.0376. The molecule has 7 heteroatoms. The molecule has 2 N–H and O–H groups in total. The molecule has 0 saturated carbocycles. The van der Waals surface area contributed by atoms with E-state index < -0.39 is 5.97 Å². The standard InChI is InChI=1S/C24H34N4O3/c1-16(2)31-24(30)21-17(3)22(26-18(21)4)23(29)25-14-19-7-6-8-20(13-19)15-28-11-9-27(5)10-12-28/h6-8,13,16,26H,9-12,14-15H2,1-5H3,(H,25,29). The van der Waals surface area contributed by atoms with Crippen molar-refractivity contribution in [2.24, 2.45) is 0 Å². The molecule has 2 aromatic rings. The van der Waals surface area contributed by atoms with Gasteiger partial charge in [0.1, 0.15) is 5.69 Å². The van der Waals surface area contributed by atoms with Crippen LogP contribution in [0.15, 0.2) is 24.3 Å². The minimum absolute atomic E-state index is 0.211. The molecule has 0 spiro atoms. The number of amides is 1. The summed E-state index contributed by atoms with van der Waals surface area (Å²) < 4.78 is 5.30. The Morgan fingerprint density at radius 1 is 1.13 bits per heavy atom. The molecule has 2 heterocycles. The SMILES string of the molecule is Cc1[nH]c(C(=O)NCc2cccc(CN3CCN(C)CC3)c2)c(C)c1C(=O)OC(C)C. The number of esters is 1. The molecule has 1 amide bonds. The Balaban J connectivity index is 1.61. The fraction of sp³-hybridized carbons (Fsp3) is 0.500. The Bertz CT molecular complexity index is 927. The molecule has 1 aliphatic rings. The molecule has 1 aromatic heterocycles. The van der Waals surface area contributed by atoms with Crippen molar-refractivity contribution < 1.29 is 14.3 Å². The maximum atomic E-state index is 12.8. The molecule has 168 valence electrons. The highest BCUT2D eigenvalue weighted by Gasteiger charge is 2.23. The smallest absolute Gasteiger partial charge is 0.340 e. The maximum absolute atomic E-state index is 12.8. The van der Waals surface area contributed by atoms with Gasteiger partial charge in [-0.05, 0) is 51.4 Å². The quantitative estimate of drug-likeness (QED) is 0.666. The van der Waals surface area contributed by atoms with E-state index >= 15 is 0 Å². The number of aryl methyl sites for hydroxylation is 1. The highest BCUT2D eigenvalue weighted by atomic mass is 16.5. The average Bonchev–Trinajstić information content (AvgIpc) is 3.02. The Kier molecular flexibility index (Phi) is 7.51. The van der Waals surface area contributed by atoms with Crippen molar-refractivity contribution in [3.63, 3.8) is 0 Å². The lowest BCUT2D eigenvalue weighted by atomic mass is 10.1. The summed E-state index contributed by atoms with van der Waals surface area (Å²) >= 11 is 0. The van der Waals surface area contributed by atoms with Crippen LogP contribution in [0, 0.1) is 13.8 Å². The van der Waals surface area contributed by atoms with E-state index in [2.05, 4.69) is 39.3 Å². The highest BCUT2D eigenvalue weighted by Crippen LogP contribution is 2.20. The van der Waals surface area contributed by atoms with Crippen LogP contribution >= 0.6 is 0 Å². The molecule has 3 rings (SSSR count). The van der Waals surface area contributed by atoms with Crippen molar-refractivity contribution in [2.45, 2.75) is 46.9 Å². The van der Waals surface area contributed by atoms with Crippen LogP contribution in [0.2, 0.25) is 0 Å². The zero-order valence-corrected chi connectivity index (χ0v) is 19.2. The predicted octanol–water partition coefficient (Wildman–Crippen LogP) is 2.87. The zero-order chi connectivity index (χ0) is 22.5. The van der Waals surface area contributed by atoms with Gasteiger partial charge in [0.25, 0.3) is 5.91 Å². The van der Waals surface area contributed by atoms with Crippen LogP contribution in [0.5, 0.6) is 0 Å². The van der Waals surface area contributed by atoms with Gasteiger partial charge in [0, 0.05) is 45.0 Å². The summed E-state index contributed by atoms with van der Waals surface area (Å²) in [5, 5.41) is 2.97. The topological polar surface area (TPSA) is 77.7 Å². The molecule has 1 aromatic carbocycles. The molecule has 0 atom stereocenters. The number of piperazine rings is 1.